The number of thiazole rings is 1. The molecule has 166 valence electrons. The van der Waals surface area contributed by atoms with Crippen LogP contribution in [-0.4, -0.2) is 36.1 Å². The molecule has 0 bridgehead atoms. The van der Waals surface area contributed by atoms with Crippen molar-refractivity contribution in [2.75, 3.05) is 26.6 Å². The van der Waals surface area contributed by atoms with E-state index >= 15 is 0 Å². The van der Waals surface area contributed by atoms with Gasteiger partial charge in [-0.3, -0.25) is 0 Å². The van der Waals surface area contributed by atoms with Gasteiger partial charge in [0, 0.05) is 18.3 Å². The zero-order valence-corrected chi connectivity index (χ0v) is 19.0. The lowest BCUT2D eigenvalue weighted by Gasteiger charge is -2.15. The highest BCUT2D eigenvalue weighted by atomic mass is 32.1. The second-order valence-electron chi connectivity index (χ2n) is 6.88. The number of anilines is 1. The topological polar surface area (TPSA) is 70.4 Å². The van der Waals surface area contributed by atoms with Crippen molar-refractivity contribution in [2.45, 2.75) is 13.5 Å². The number of aryl methyl sites for hydroxylation is 1. The molecule has 0 unspecified atom stereocenters. The van der Waals surface area contributed by atoms with Gasteiger partial charge in [0.05, 0.1) is 31.9 Å². The molecule has 9 heteroatoms. The van der Waals surface area contributed by atoms with Crippen LogP contribution in [-0.2, 0) is 6.54 Å². The molecule has 1 N–H and O–H groups in total. The molecule has 4 rings (SSSR count). The number of hydrogen-bond acceptors (Lipinski definition) is 7. The van der Waals surface area contributed by atoms with Crippen LogP contribution in [0.2, 0.25) is 0 Å². The van der Waals surface area contributed by atoms with E-state index in [0.29, 0.717) is 29.5 Å². The van der Waals surface area contributed by atoms with Crippen LogP contribution in [0, 0.1) is 12.7 Å². The van der Waals surface area contributed by atoms with Crippen molar-refractivity contribution >= 4 is 16.5 Å². The van der Waals surface area contributed by atoms with Gasteiger partial charge >= 0.3 is 0 Å². The van der Waals surface area contributed by atoms with Crippen molar-refractivity contribution in [1.82, 2.24) is 14.8 Å². The average Bonchev–Trinajstić information content (AvgIpc) is 3.43. The normalized spacial score (nSPS) is 10.8. The lowest BCUT2D eigenvalue weighted by Crippen LogP contribution is -2.04. The first kappa shape index (κ1) is 21.6. The molecular weight excluding hydrogens is 431 g/mol. The molecule has 0 atom stereocenters. The van der Waals surface area contributed by atoms with Gasteiger partial charge < -0.3 is 19.5 Å². The fourth-order valence-electron chi connectivity index (χ4n) is 3.40. The first-order chi connectivity index (χ1) is 15.5. The number of nitrogens with one attached hydrogen (secondary N) is 1. The van der Waals surface area contributed by atoms with Gasteiger partial charge in [0.15, 0.2) is 16.6 Å². The number of benzene rings is 2. The second-order valence-corrected chi connectivity index (χ2v) is 7.88. The van der Waals surface area contributed by atoms with Gasteiger partial charge in [-0.25, -0.2) is 14.1 Å². The minimum atomic E-state index is -0.325. The Bertz CT molecular complexity index is 1240. The second kappa shape index (κ2) is 9.27. The first-order valence-electron chi connectivity index (χ1n) is 9.85. The Hall–Kier alpha value is -3.59. The zero-order valence-electron chi connectivity index (χ0n) is 18.2. The summed E-state index contributed by atoms with van der Waals surface area (Å²) in [5.41, 5.74) is 2.89. The van der Waals surface area contributed by atoms with E-state index in [1.165, 1.54) is 22.1 Å². The maximum atomic E-state index is 14.1. The number of halogens is 1. The third-order valence-electron chi connectivity index (χ3n) is 4.93. The molecule has 0 saturated heterocycles. The van der Waals surface area contributed by atoms with Crippen LogP contribution in [0.1, 0.15) is 11.3 Å². The number of rotatable bonds is 8. The molecule has 0 aliphatic heterocycles. The summed E-state index contributed by atoms with van der Waals surface area (Å²) in [6.45, 7) is 2.41. The molecule has 0 amide bonds. The molecule has 2 aromatic heterocycles. The summed E-state index contributed by atoms with van der Waals surface area (Å²) in [5, 5.41) is 8.63. The van der Waals surface area contributed by atoms with Crippen molar-refractivity contribution in [3.63, 3.8) is 0 Å². The van der Waals surface area contributed by atoms with E-state index in [0.717, 1.165) is 27.0 Å². The molecule has 0 saturated carbocycles. The van der Waals surface area contributed by atoms with Gasteiger partial charge in [0.25, 0.3) is 0 Å². The van der Waals surface area contributed by atoms with Gasteiger partial charge in [0.1, 0.15) is 17.2 Å². The number of aromatic nitrogens is 3. The molecular formula is C23H23FN4O3S. The van der Waals surface area contributed by atoms with Gasteiger partial charge in [-0.05, 0) is 37.3 Å². The monoisotopic (exact) mass is 454 g/mol. The third-order valence-corrected chi connectivity index (χ3v) is 6.07. The summed E-state index contributed by atoms with van der Waals surface area (Å²) in [6, 6.07) is 12.2. The van der Waals surface area contributed by atoms with E-state index in [4.69, 9.17) is 14.2 Å². The van der Waals surface area contributed by atoms with Crippen molar-refractivity contribution in [2.24, 2.45) is 0 Å². The highest BCUT2D eigenvalue weighted by molar-refractivity contribution is 7.19. The van der Waals surface area contributed by atoms with Crippen LogP contribution < -0.4 is 19.5 Å². The Morgan fingerprint density at radius 3 is 2.50 bits per heavy atom. The fraction of sp³-hybridized carbons (Fsp3) is 0.217. The molecule has 0 aliphatic carbocycles. The van der Waals surface area contributed by atoms with Crippen LogP contribution in [0.3, 0.4) is 0 Å². The van der Waals surface area contributed by atoms with E-state index in [1.807, 2.05) is 25.1 Å². The average molecular weight is 455 g/mol. The highest BCUT2D eigenvalue weighted by Gasteiger charge is 2.17. The largest absolute Gasteiger partial charge is 0.493 e. The first-order valence-corrected chi connectivity index (χ1v) is 10.7. The lowest BCUT2D eigenvalue weighted by molar-refractivity contribution is 0.322. The summed E-state index contributed by atoms with van der Waals surface area (Å²) < 4.78 is 32.0. The van der Waals surface area contributed by atoms with E-state index in [-0.39, 0.29) is 5.82 Å². The van der Waals surface area contributed by atoms with Crippen LogP contribution in [0.5, 0.6) is 17.2 Å². The van der Waals surface area contributed by atoms with Crippen molar-refractivity contribution in [3.05, 3.63) is 65.7 Å². The predicted molar refractivity (Wildman–Crippen MR) is 123 cm³/mol. The van der Waals surface area contributed by atoms with E-state index < -0.39 is 0 Å². The summed E-state index contributed by atoms with van der Waals surface area (Å²) in [4.78, 5) is 5.54. The summed E-state index contributed by atoms with van der Waals surface area (Å²) in [7, 11) is 4.76. The lowest BCUT2D eigenvalue weighted by atomic mass is 10.1. The van der Waals surface area contributed by atoms with Gasteiger partial charge in [-0.15, -0.1) is 0 Å². The quantitative estimate of drug-likeness (QED) is 0.400. The number of hydrogen-bond donors (Lipinski definition) is 1. The van der Waals surface area contributed by atoms with Crippen LogP contribution in [0.25, 0.3) is 16.3 Å². The Morgan fingerprint density at radius 1 is 1.00 bits per heavy atom. The maximum absolute atomic E-state index is 14.1. The zero-order chi connectivity index (χ0) is 22.7. The number of methoxy groups -OCH3 is 3. The number of nitrogens with zero attached hydrogens (tertiary/aromatic N) is 3. The van der Waals surface area contributed by atoms with E-state index in [9.17, 15) is 4.39 Å². The smallest absolute Gasteiger partial charge is 0.203 e. The Balaban J connectivity index is 1.55. The SMILES string of the molecule is COc1ccc(CNc2nc(C)c(-c3ccn(-c4ccccc4F)n3)s2)c(OC)c1OC. The Morgan fingerprint density at radius 2 is 1.78 bits per heavy atom. The number of ether oxygens (including phenoxy) is 3. The summed E-state index contributed by atoms with van der Waals surface area (Å²) in [5.74, 6) is 1.43. The Labute approximate surface area is 189 Å². The molecule has 0 fully saturated rings. The molecule has 32 heavy (non-hydrogen) atoms. The maximum Gasteiger partial charge on any atom is 0.203 e. The molecule has 0 aliphatic rings. The molecule has 2 heterocycles. The standard InChI is InChI=1S/C23H23FN4O3S/c1-14-22(17-11-12-28(27-17)18-8-6-5-7-16(18)24)32-23(26-14)25-13-15-9-10-19(29-2)21(31-4)20(15)30-3/h5-12H,13H2,1-4H3,(H,25,26). The molecule has 0 spiro atoms. The van der Waals surface area contributed by atoms with Gasteiger partial charge in [-0.2, -0.15) is 5.10 Å². The van der Waals surface area contributed by atoms with E-state index in [2.05, 4.69) is 15.4 Å². The molecule has 4 aromatic rings. The summed E-state index contributed by atoms with van der Waals surface area (Å²) in [6.07, 6.45) is 1.74. The van der Waals surface area contributed by atoms with Gasteiger partial charge in [0.2, 0.25) is 5.75 Å². The molecule has 7 nitrogen and oxygen atoms in total. The molecule has 2 aromatic carbocycles. The fourth-order valence-corrected chi connectivity index (χ4v) is 4.33. The summed E-state index contributed by atoms with van der Waals surface area (Å²) >= 11 is 1.49. The third kappa shape index (κ3) is 4.11. The number of para-hydroxylation sites is 1. The minimum Gasteiger partial charge on any atom is -0.493 e. The van der Waals surface area contributed by atoms with E-state index in [1.54, 1.807) is 45.7 Å². The van der Waals surface area contributed by atoms with Crippen LogP contribution in [0.15, 0.2) is 48.7 Å². The molecule has 0 radical (unpaired) electrons. The van der Waals surface area contributed by atoms with Crippen LogP contribution >= 0.6 is 11.3 Å². The van der Waals surface area contributed by atoms with Gasteiger partial charge in [-0.1, -0.05) is 23.5 Å². The van der Waals surface area contributed by atoms with Crippen molar-refractivity contribution < 1.29 is 18.6 Å². The Kier molecular flexibility index (Phi) is 6.27. The predicted octanol–water partition coefficient (Wildman–Crippen LogP) is 5.08. The van der Waals surface area contributed by atoms with Crippen molar-refractivity contribution in [3.8, 4) is 33.5 Å². The van der Waals surface area contributed by atoms with Crippen molar-refractivity contribution in [1.29, 1.82) is 0 Å². The van der Waals surface area contributed by atoms with Crippen LogP contribution in [0.4, 0.5) is 9.52 Å². The highest BCUT2D eigenvalue weighted by Crippen LogP contribution is 2.40. The minimum absolute atomic E-state index is 0.325.